The predicted molar refractivity (Wildman–Crippen MR) is 83.9 cm³/mol. The van der Waals surface area contributed by atoms with Crippen molar-refractivity contribution in [3.63, 3.8) is 0 Å². The van der Waals surface area contributed by atoms with E-state index in [-0.39, 0.29) is 25.6 Å². The molecule has 2 N–H and O–H groups in total. The summed E-state index contributed by atoms with van der Waals surface area (Å²) in [5, 5.41) is 14.4. The quantitative estimate of drug-likeness (QED) is 0.744. The van der Waals surface area contributed by atoms with Crippen LogP contribution in [0.2, 0.25) is 0 Å². The molecule has 0 unspecified atom stereocenters. The second-order valence-electron chi connectivity index (χ2n) is 5.80. The molecule has 0 saturated carbocycles. The minimum Gasteiger partial charge on any atom is -0.377 e. The van der Waals surface area contributed by atoms with Gasteiger partial charge in [-0.25, -0.2) is 0 Å². The molecule has 0 bridgehead atoms. The third-order valence-corrected chi connectivity index (χ3v) is 3.90. The van der Waals surface area contributed by atoms with Crippen molar-refractivity contribution in [2.24, 2.45) is 0 Å². The van der Waals surface area contributed by atoms with Crippen molar-refractivity contribution < 1.29 is 14.1 Å². The average Bonchev–Trinajstić information content (AvgIpc) is 3.24. The smallest absolute Gasteiger partial charge is 0.246 e. The first-order valence-electron chi connectivity index (χ1n) is 8.06. The zero-order valence-corrected chi connectivity index (χ0v) is 13.7. The van der Waals surface area contributed by atoms with Gasteiger partial charge in [0.15, 0.2) is 5.82 Å². The van der Waals surface area contributed by atoms with Crippen LogP contribution in [0.1, 0.15) is 36.2 Å². The van der Waals surface area contributed by atoms with E-state index in [1.165, 1.54) is 0 Å². The molecule has 9 nitrogen and oxygen atoms in total. The first-order chi connectivity index (χ1) is 11.7. The number of methoxy groups -OCH3 is 1. The highest BCUT2D eigenvalue weighted by Gasteiger charge is 2.18. The van der Waals surface area contributed by atoms with Gasteiger partial charge in [-0.2, -0.15) is 10.1 Å². The Kier molecular flexibility index (Phi) is 5.55. The summed E-state index contributed by atoms with van der Waals surface area (Å²) < 4.78 is 11.6. The van der Waals surface area contributed by atoms with Gasteiger partial charge in [0.1, 0.15) is 13.2 Å². The van der Waals surface area contributed by atoms with Gasteiger partial charge in [-0.05, 0) is 25.5 Å². The summed E-state index contributed by atoms with van der Waals surface area (Å²) in [6, 6.07) is 1.99. The van der Waals surface area contributed by atoms with Crippen molar-refractivity contribution in [1.29, 1.82) is 0 Å². The molecule has 130 valence electrons. The van der Waals surface area contributed by atoms with E-state index in [2.05, 4.69) is 25.9 Å². The Hall–Kier alpha value is -2.26. The van der Waals surface area contributed by atoms with Crippen LogP contribution in [0, 0.1) is 0 Å². The van der Waals surface area contributed by atoms with Crippen LogP contribution in [-0.4, -0.2) is 46.0 Å². The zero-order valence-electron chi connectivity index (χ0n) is 13.7. The van der Waals surface area contributed by atoms with Crippen LogP contribution >= 0.6 is 0 Å². The van der Waals surface area contributed by atoms with Crippen molar-refractivity contribution in [2.75, 3.05) is 20.2 Å². The maximum absolute atomic E-state index is 12.0. The SMILES string of the molecule is COCc1noc(CNC(=O)Cn2ccc([C@@H]3CCCNC3)n2)n1. The van der Waals surface area contributed by atoms with E-state index in [0.717, 1.165) is 31.6 Å². The average molecular weight is 334 g/mol. The monoisotopic (exact) mass is 334 g/mol. The molecule has 3 heterocycles. The van der Waals surface area contributed by atoms with Gasteiger partial charge in [0.05, 0.1) is 12.2 Å². The number of carbonyl (C=O) groups excluding carboxylic acids is 1. The lowest BCUT2D eigenvalue weighted by Gasteiger charge is -2.20. The zero-order chi connectivity index (χ0) is 16.8. The van der Waals surface area contributed by atoms with Crippen LogP contribution in [-0.2, 0) is 29.2 Å². The fourth-order valence-electron chi connectivity index (χ4n) is 2.71. The Labute approximate surface area is 139 Å². The van der Waals surface area contributed by atoms with Crippen molar-refractivity contribution in [3.05, 3.63) is 29.7 Å². The number of carbonyl (C=O) groups is 1. The molecule has 0 spiro atoms. The van der Waals surface area contributed by atoms with Crippen molar-refractivity contribution in [3.8, 4) is 0 Å². The highest BCUT2D eigenvalue weighted by Crippen LogP contribution is 2.21. The van der Waals surface area contributed by atoms with Crippen LogP contribution in [0.25, 0.3) is 0 Å². The third-order valence-electron chi connectivity index (χ3n) is 3.90. The van der Waals surface area contributed by atoms with Crippen LogP contribution < -0.4 is 10.6 Å². The molecule has 1 aliphatic rings. The Morgan fingerprint density at radius 2 is 2.50 bits per heavy atom. The lowest BCUT2D eigenvalue weighted by molar-refractivity contribution is -0.122. The summed E-state index contributed by atoms with van der Waals surface area (Å²) >= 11 is 0. The van der Waals surface area contributed by atoms with E-state index in [4.69, 9.17) is 9.26 Å². The highest BCUT2D eigenvalue weighted by molar-refractivity contribution is 5.75. The predicted octanol–water partition coefficient (Wildman–Crippen LogP) is 0.196. The van der Waals surface area contributed by atoms with Gasteiger partial charge in [0.25, 0.3) is 0 Å². The van der Waals surface area contributed by atoms with Gasteiger partial charge in [-0.1, -0.05) is 5.16 Å². The van der Waals surface area contributed by atoms with E-state index in [1.807, 2.05) is 12.3 Å². The molecular weight excluding hydrogens is 312 g/mol. The van der Waals surface area contributed by atoms with Gasteiger partial charge in [0, 0.05) is 25.8 Å². The van der Waals surface area contributed by atoms with Crippen LogP contribution in [0.4, 0.5) is 0 Å². The van der Waals surface area contributed by atoms with Gasteiger partial charge >= 0.3 is 0 Å². The molecule has 24 heavy (non-hydrogen) atoms. The molecule has 0 radical (unpaired) electrons. The normalized spacial score (nSPS) is 17.8. The standard InChI is InChI=1S/C15H22N6O3/c1-23-10-13-18-15(24-20-13)8-17-14(22)9-21-6-4-12(19-21)11-3-2-5-16-7-11/h4,6,11,16H,2-3,5,7-10H2,1H3,(H,17,22)/t11-/m1/s1. The summed E-state index contributed by atoms with van der Waals surface area (Å²) in [7, 11) is 1.56. The van der Waals surface area contributed by atoms with E-state index in [9.17, 15) is 4.79 Å². The molecule has 1 fully saturated rings. The fourth-order valence-corrected chi connectivity index (χ4v) is 2.71. The molecule has 2 aromatic rings. The fraction of sp³-hybridized carbons (Fsp3) is 0.600. The molecule has 1 aliphatic heterocycles. The Morgan fingerprint density at radius 1 is 1.58 bits per heavy atom. The number of nitrogens with one attached hydrogen (secondary N) is 2. The molecular formula is C15H22N6O3. The number of rotatable bonds is 7. The summed E-state index contributed by atoms with van der Waals surface area (Å²) in [5.74, 6) is 1.09. The van der Waals surface area contributed by atoms with Gasteiger partial charge in [-0.3, -0.25) is 9.48 Å². The van der Waals surface area contributed by atoms with E-state index in [0.29, 0.717) is 17.6 Å². The lowest BCUT2D eigenvalue weighted by Crippen LogP contribution is -2.29. The number of aromatic nitrogens is 4. The first kappa shape index (κ1) is 16.6. The van der Waals surface area contributed by atoms with Crippen LogP contribution in [0.3, 0.4) is 0 Å². The molecule has 1 atom stereocenters. The Balaban J connectivity index is 1.46. The molecule has 3 rings (SSSR count). The molecule has 9 heteroatoms. The summed E-state index contributed by atoms with van der Waals surface area (Å²) in [4.78, 5) is 16.1. The highest BCUT2D eigenvalue weighted by atomic mass is 16.5. The Morgan fingerprint density at radius 3 is 3.29 bits per heavy atom. The number of amides is 1. The molecule has 2 aromatic heterocycles. The van der Waals surface area contributed by atoms with Gasteiger partial charge in [-0.15, -0.1) is 0 Å². The topological polar surface area (TPSA) is 107 Å². The second-order valence-corrected chi connectivity index (χ2v) is 5.80. The molecule has 0 aromatic carbocycles. The second kappa shape index (κ2) is 8.02. The summed E-state index contributed by atoms with van der Waals surface area (Å²) in [6.45, 7) is 2.66. The Bertz CT molecular complexity index is 662. The largest absolute Gasteiger partial charge is 0.377 e. The van der Waals surface area contributed by atoms with Crippen molar-refractivity contribution in [2.45, 2.75) is 38.5 Å². The van der Waals surface area contributed by atoms with E-state index < -0.39 is 0 Å². The summed E-state index contributed by atoms with van der Waals surface area (Å²) in [5.41, 5.74) is 1.04. The van der Waals surface area contributed by atoms with Crippen molar-refractivity contribution in [1.82, 2.24) is 30.6 Å². The number of hydrogen-bond acceptors (Lipinski definition) is 7. The maximum atomic E-state index is 12.0. The van der Waals surface area contributed by atoms with Crippen LogP contribution in [0.15, 0.2) is 16.8 Å². The minimum absolute atomic E-state index is 0.155. The lowest BCUT2D eigenvalue weighted by atomic mass is 9.97. The number of hydrogen-bond donors (Lipinski definition) is 2. The number of ether oxygens (including phenoxy) is 1. The number of piperidine rings is 1. The third kappa shape index (κ3) is 4.39. The van der Waals surface area contributed by atoms with Gasteiger partial charge in [0.2, 0.25) is 11.8 Å². The maximum Gasteiger partial charge on any atom is 0.246 e. The summed E-state index contributed by atoms with van der Waals surface area (Å²) in [6.07, 6.45) is 4.14. The number of nitrogens with zero attached hydrogens (tertiary/aromatic N) is 4. The molecule has 0 aliphatic carbocycles. The van der Waals surface area contributed by atoms with Crippen molar-refractivity contribution >= 4 is 5.91 Å². The molecule has 1 saturated heterocycles. The first-order valence-corrected chi connectivity index (χ1v) is 8.06. The minimum atomic E-state index is -0.155. The van der Waals surface area contributed by atoms with E-state index >= 15 is 0 Å². The van der Waals surface area contributed by atoms with Gasteiger partial charge < -0.3 is 19.9 Å². The van der Waals surface area contributed by atoms with Crippen LogP contribution in [0.5, 0.6) is 0 Å². The van der Waals surface area contributed by atoms with E-state index in [1.54, 1.807) is 11.8 Å². The molecule has 1 amide bonds.